The molecule has 0 N–H and O–H groups in total. The van der Waals surface area contributed by atoms with E-state index in [1.54, 1.807) is 11.3 Å². The Kier molecular flexibility index (Phi) is 4.03. The molecular weight excluding hydrogens is 340 g/mol. The van der Waals surface area contributed by atoms with Crippen LogP contribution in [0.3, 0.4) is 0 Å². The van der Waals surface area contributed by atoms with Gasteiger partial charge in [0.15, 0.2) is 0 Å². The summed E-state index contributed by atoms with van der Waals surface area (Å²) in [7, 11) is 0. The molecular formula is C21H20N4S. The summed E-state index contributed by atoms with van der Waals surface area (Å²) in [6.45, 7) is 2.08. The molecule has 0 aliphatic carbocycles. The molecule has 4 nitrogen and oxygen atoms in total. The molecule has 5 heteroatoms. The van der Waals surface area contributed by atoms with E-state index in [-0.39, 0.29) is 0 Å². The second-order valence-electron chi connectivity index (χ2n) is 6.80. The second kappa shape index (κ2) is 6.67. The first-order valence-electron chi connectivity index (χ1n) is 9.02. The Hall–Kier alpha value is -2.50. The highest BCUT2D eigenvalue weighted by molar-refractivity contribution is 7.13. The summed E-state index contributed by atoms with van der Waals surface area (Å²) in [4.78, 5) is 12.8. The van der Waals surface area contributed by atoms with Crippen molar-refractivity contribution in [1.29, 1.82) is 0 Å². The zero-order chi connectivity index (χ0) is 17.3. The smallest absolute Gasteiger partial charge is 0.0996 e. The molecule has 0 aromatic carbocycles. The van der Waals surface area contributed by atoms with Crippen molar-refractivity contribution in [3.63, 3.8) is 0 Å². The van der Waals surface area contributed by atoms with Crippen LogP contribution in [0.15, 0.2) is 66.7 Å². The Bertz CT molecular complexity index is 1010. The number of rotatable bonds is 4. The molecule has 1 saturated heterocycles. The molecule has 1 aliphatic rings. The molecule has 1 atom stereocenters. The van der Waals surface area contributed by atoms with Gasteiger partial charge in [-0.05, 0) is 60.7 Å². The van der Waals surface area contributed by atoms with Gasteiger partial charge in [-0.15, -0.1) is 11.3 Å². The van der Waals surface area contributed by atoms with E-state index in [0.29, 0.717) is 6.04 Å². The summed E-state index contributed by atoms with van der Waals surface area (Å²) in [5, 5.41) is 2.12. The van der Waals surface area contributed by atoms with E-state index in [1.165, 1.54) is 40.1 Å². The molecule has 0 radical (unpaired) electrons. The van der Waals surface area contributed by atoms with Crippen molar-refractivity contribution in [2.24, 2.45) is 0 Å². The molecule has 1 unspecified atom stereocenters. The number of likely N-dealkylation sites (tertiary alicyclic amines) is 1. The van der Waals surface area contributed by atoms with Crippen molar-refractivity contribution in [3.05, 3.63) is 78.0 Å². The first-order chi connectivity index (χ1) is 12.9. The molecule has 1 aliphatic heterocycles. The van der Waals surface area contributed by atoms with Crippen molar-refractivity contribution < 1.29 is 0 Å². The number of hydrogen-bond acceptors (Lipinski definition) is 4. The predicted octanol–water partition coefficient (Wildman–Crippen LogP) is 4.79. The lowest BCUT2D eigenvalue weighted by atomic mass is 10.1. The van der Waals surface area contributed by atoms with Gasteiger partial charge in [0.2, 0.25) is 0 Å². The highest BCUT2D eigenvalue weighted by Crippen LogP contribution is 2.35. The molecule has 0 saturated carbocycles. The molecule has 0 spiro atoms. The van der Waals surface area contributed by atoms with Crippen molar-refractivity contribution >= 4 is 16.9 Å². The van der Waals surface area contributed by atoms with Crippen molar-refractivity contribution in [1.82, 2.24) is 19.3 Å². The minimum Gasteiger partial charge on any atom is -0.305 e. The number of fused-ring (bicyclic) bond motifs is 1. The van der Waals surface area contributed by atoms with Crippen LogP contribution in [0.4, 0.5) is 0 Å². The third-order valence-corrected chi connectivity index (χ3v) is 6.10. The molecule has 4 aromatic rings. The van der Waals surface area contributed by atoms with Crippen LogP contribution >= 0.6 is 11.3 Å². The highest BCUT2D eigenvalue weighted by atomic mass is 32.1. The lowest BCUT2D eigenvalue weighted by Gasteiger charge is -2.23. The van der Waals surface area contributed by atoms with E-state index in [9.17, 15) is 0 Å². The average Bonchev–Trinajstić information content (AvgIpc) is 3.42. The Balaban J connectivity index is 1.46. The fraction of sp³-hybridized carbons (Fsp3) is 0.238. The van der Waals surface area contributed by atoms with Crippen LogP contribution in [0.1, 0.15) is 30.1 Å². The van der Waals surface area contributed by atoms with Crippen LogP contribution in [0, 0.1) is 0 Å². The lowest BCUT2D eigenvalue weighted by molar-refractivity contribution is 0.246. The maximum atomic E-state index is 4.80. The zero-order valence-corrected chi connectivity index (χ0v) is 15.3. The summed E-state index contributed by atoms with van der Waals surface area (Å²) in [6, 6.07) is 13.3. The van der Waals surface area contributed by atoms with Gasteiger partial charge in [0.25, 0.3) is 0 Å². The Morgan fingerprint density at radius 2 is 2.04 bits per heavy atom. The number of pyridine rings is 2. The molecule has 130 valence electrons. The van der Waals surface area contributed by atoms with Gasteiger partial charge in [0.05, 0.1) is 23.6 Å². The van der Waals surface area contributed by atoms with Crippen LogP contribution in [-0.4, -0.2) is 25.8 Å². The first-order valence-corrected chi connectivity index (χ1v) is 9.90. The topological polar surface area (TPSA) is 33.4 Å². The monoisotopic (exact) mass is 360 g/mol. The van der Waals surface area contributed by atoms with E-state index in [4.69, 9.17) is 4.98 Å². The lowest BCUT2D eigenvalue weighted by Crippen LogP contribution is -2.23. The number of aromatic nitrogens is 3. The summed E-state index contributed by atoms with van der Waals surface area (Å²) in [5.74, 6) is 0. The van der Waals surface area contributed by atoms with Gasteiger partial charge in [-0.25, -0.2) is 4.98 Å². The molecule has 5 heterocycles. The highest BCUT2D eigenvalue weighted by Gasteiger charge is 2.29. The number of nitrogens with zero attached hydrogens (tertiary/aromatic N) is 4. The normalized spacial score (nSPS) is 17.9. The molecule has 1 fully saturated rings. The molecule has 26 heavy (non-hydrogen) atoms. The Morgan fingerprint density at radius 3 is 2.88 bits per heavy atom. The van der Waals surface area contributed by atoms with Crippen LogP contribution in [0.2, 0.25) is 0 Å². The predicted molar refractivity (Wildman–Crippen MR) is 105 cm³/mol. The third-order valence-electron chi connectivity index (χ3n) is 5.18. The fourth-order valence-corrected chi connectivity index (χ4v) is 4.63. The SMILES string of the molecule is c1csc(-c2ccc3c(C4CCCN4Cc4ccncc4)ncn3c2)c1. The maximum Gasteiger partial charge on any atom is 0.0996 e. The number of hydrogen-bond donors (Lipinski definition) is 0. The first kappa shape index (κ1) is 15.7. The second-order valence-corrected chi connectivity index (χ2v) is 7.75. The van der Waals surface area contributed by atoms with Gasteiger partial charge >= 0.3 is 0 Å². The van der Waals surface area contributed by atoms with Crippen molar-refractivity contribution in [2.75, 3.05) is 6.54 Å². The quantitative estimate of drug-likeness (QED) is 0.524. The molecule has 5 rings (SSSR count). The van der Waals surface area contributed by atoms with Crippen molar-refractivity contribution in [3.8, 4) is 10.4 Å². The van der Waals surface area contributed by atoms with Gasteiger partial charge in [-0.1, -0.05) is 6.07 Å². The van der Waals surface area contributed by atoms with Gasteiger partial charge in [-0.2, -0.15) is 0 Å². The summed E-state index contributed by atoms with van der Waals surface area (Å²) in [5.41, 5.74) is 4.98. The fourth-order valence-electron chi connectivity index (χ4n) is 3.91. The molecule has 0 bridgehead atoms. The minimum atomic E-state index is 0.390. The van der Waals surface area contributed by atoms with Gasteiger partial charge < -0.3 is 4.40 Å². The van der Waals surface area contributed by atoms with Gasteiger partial charge in [0, 0.05) is 35.6 Å². The van der Waals surface area contributed by atoms with Crippen molar-refractivity contribution in [2.45, 2.75) is 25.4 Å². The summed E-state index contributed by atoms with van der Waals surface area (Å²) in [6.07, 6.45) is 10.3. The van der Waals surface area contributed by atoms with E-state index in [0.717, 1.165) is 13.1 Å². The zero-order valence-electron chi connectivity index (χ0n) is 14.5. The average molecular weight is 360 g/mol. The van der Waals surface area contributed by atoms with E-state index >= 15 is 0 Å². The van der Waals surface area contributed by atoms with Gasteiger partial charge in [0.1, 0.15) is 0 Å². The third kappa shape index (κ3) is 2.83. The van der Waals surface area contributed by atoms with E-state index < -0.39 is 0 Å². The van der Waals surface area contributed by atoms with Crippen LogP contribution in [0.5, 0.6) is 0 Å². The number of thiophene rings is 1. The van der Waals surface area contributed by atoms with Gasteiger partial charge in [-0.3, -0.25) is 9.88 Å². The van der Waals surface area contributed by atoms with Crippen LogP contribution in [0.25, 0.3) is 16.0 Å². The largest absolute Gasteiger partial charge is 0.305 e. The molecule has 4 aromatic heterocycles. The standard InChI is InChI=1S/C21H20N4S/c1-3-18(24(11-1)13-16-7-9-22-10-8-16)21-19-6-5-17(14-25(19)15-23-21)20-4-2-12-26-20/h2,4-10,12,14-15,18H,1,3,11,13H2. The minimum absolute atomic E-state index is 0.390. The summed E-state index contributed by atoms with van der Waals surface area (Å²) < 4.78 is 2.17. The molecule has 0 amide bonds. The van der Waals surface area contributed by atoms with E-state index in [1.807, 2.05) is 18.7 Å². The number of imidazole rings is 1. The van der Waals surface area contributed by atoms with Crippen LogP contribution < -0.4 is 0 Å². The Morgan fingerprint density at radius 1 is 1.12 bits per heavy atom. The Labute approximate surface area is 156 Å². The maximum absolute atomic E-state index is 4.80. The van der Waals surface area contributed by atoms with Crippen LogP contribution in [-0.2, 0) is 6.54 Å². The summed E-state index contributed by atoms with van der Waals surface area (Å²) >= 11 is 1.77. The van der Waals surface area contributed by atoms with E-state index in [2.05, 4.69) is 62.3 Å².